The molecule has 134 valence electrons. The van der Waals surface area contributed by atoms with Gasteiger partial charge in [0.2, 0.25) is 16.6 Å². The Labute approximate surface area is 149 Å². The number of rotatable bonds is 6. The molecule has 0 saturated heterocycles. The number of nitrogens with zero attached hydrogens (tertiary/aromatic N) is 2. The second-order valence-corrected chi connectivity index (χ2v) is 5.82. The fourth-order valence-corrected chi connectivity index (χ4v) is 2.03. The van der Waals surface area contributed by atoms with E-state index >= 15 is 0 Å². The van der Waals surface area contributed by atoms with E-state index in [4.69, 9.17) is 0 Å². The summed E-state index contributed by atoms with van der Waals surface area (Å²) in [5.74, 6) is 0. The highest BCUT2D eigenvalue weighted by molar-refractivity contribution is 7.80. The van der Waals surface area contributed by atoms with Gasteiger partial charge in [0, 0.05) is 5.56 Å². The van der Waals surface area contributed by atoms with Crippen molar-refractivity contribution in [1.29, 1.82) is 0 Å². The van der Waals surface area contributed by atoms with Gasteiger partial charge in [-0.1, -0.05) is 53.2 Å². The largest absolute Gasteiger partial charge is 0.726 e. The van der Waals surface area contributed by atoms with Crippen molar-refractivity contribution >= 4 is 22.8 Å². The van der Waals surface area contributed by atoms with E-state index < -0.39 is 10.4 Å². The summed E-state index contributed by atoms with van der Waals surface area (Å²) in [6.07, 6.45) is 3.92. The van der Waals surface area contributed by atoms with Crippen LogP contribution in [0, 0.1) is 0 Å². The van der Waals surface area contributed by atoms with Gasteiger partial charge in [-0.05, 0) is 36.6 Å². The van der Waals surface area contributed by atoms with Crippen LogP contribution in [0.5, 0.6) is 0 Å². The van der Waals surface area contributed by atoms with Crippen molar-refractivity contribution in [2.24, 2.45) is 5.10 Å². The van der Waals surface area contributed by atoms with E-state index in [1.54, 1.807) is 0 Å². The van der Waals surface area contributed by atoms with Gasteiger partial charge in [-0.3, -0.25) is 4.18 Å². The molecule has 2 aromatic carbocycles. The molecule has 0 bridgehead atoms. The molecule has 6 nitrogen and oxygen atoms in total. The molecule has 0 fully saturated rings. The van der Waals surface area contributed by atoms with E-state index in [0.29, 0.717) is 0 Å². The van der Waals surface area contributed by atoms with Crippen LogP contribution in [0.2, 0.25) is 0 Å². The highest BCUT2D eigenvalue weighted by atomic mass is 32.3. The first-order valence-electron chi connectivity index (χ1n) is 7.80. The molecule has 0 aliphatic carbocycles. The lowest BCUT2D eigenvalue weighted by Gasteiger charge is -2.02. The van der Waals surface area contributed by atoms with Gasteiger partial charge in [-0.15, -0.1) is 0 Å². The fraction of sp³-hybridized carbons (Fsp3) is 0.222. The average Bonchev–Trinajstić information content (AvgIpc) is 2.60. The van der Waals surface area contributed by atoms with E-state index in [9.17, 15) is 13.0 Å². The van der Waals surface area contributed by atoms with Gasteiger partial charge in [0.1, 0.15) is 6.21 Å². The summed E-state index contributed by atoms with van der Waals surface area (Å²) < 4.78 is 33.9. The second-order valence-electron chi connectivity index (χ2n) is 4.77. The smallest absolute Gasteiger partial charge is 0.217 e. The van der Waals surface area contributed by atoms with Crippen LogP contribution in [0.25, 0.3) is 0 Å². The van der Waals surface area contributed by atoms with Gasteiger partial charge in [0.25, 0.3) is 0 Å². The third kappa shape index (κ3) is 10.2. The molecule has 0 spiro atoms. The molecule has 25 heavy (non-hydrogen) atoms. The summed E-state index contributed by atoms with van der Waals surface area (Å²) in [4.78, 5) is 0. The molecular weight excluding hydrogens is 340 g/mol. The Morgan fingerprint density at radius 2 is 1.52 bits per heavy atom. The number of benzene rings is 2. The van der Waals surface area contributed by atoms with Gasteiger partial charge in [0.15, 0.2) is 6.54 Å². The lowest BCUT2D eigenvalue weighted by molar-refractivity contribution is -0.524. The molecule has 7 heteroatoms. The summed E-state index contributed by atoms with van der Waals surface area (Å²) in [6.45, 7) is 4.27. The topological polar surface area (TPSA) is 81.8 Å². The first-order valence-corrected chi connectivity index (χ1v) is 9.13. The zero-order chi connectivity index (χ0) is 18.5. The van der Waals surface area contributed by atoms with Gasteiger partial charge in [0.05, 0.1) is 6.61 Å². The van der Waals surface area contributed by atoms with E-state index in [1.807, 2.05) is 65.6 Å². The number of hydrogen-bond acceptors (Lipinski definition) is 5. The molecule has 0 unspecified atom stereocenters. The summed E-state index contributed by atoms with van der Waals surface area (Å²) in [5.41, 5.74) is 2.27. The van der Waals surface area contributed by atoms with Crippen molar-refractivity contribution in [3.8, 4) is 0 Å². The monoisotopic (exact) mass is 362 g/mol. The quantitative estimate of drug-likeness (QED) is 0.260. The third-order valence-corrected chi connectivity index (χ3v) is 3.36. The first-order chi connectivity index (χ1) is 11.9. The Kier molecular flexibility index (Phi) is 9.31. The molecule has 2 aromatic rings. The first kappa shape index (κ1) is 20.7. The SMILES string of the molecule is CCOS(=O)(=O)[O-].CC[N+](=Cc1ccccc1)N=Cc1ccccc1. The molecular formula is C18H22N2O4S. The Morgan fingerprint density at radius 3 is 1.92 bits per heavy atom. The van der Waals surface area contributed by atoms with Crippen LogP contribution in [0.15, 0.2) is 65.8 Å². The van der Waals surface area contributed by atoms with E-state index in [1.165, 1.54) is 6.92 Å². The molecule has 0 saturated carbocycles. The van der Waals surface area contributed by atoms with E-state index in [-0.39, 0.29) is 6.61 Å². The summed E-state index contributed by atoms with van der Waals surface area (Å²) in [6, 6.07) is 20.3. The van der Waals surface area contributed by atoms with Crippen LogP contribution in [-0.2, 0) is 14.6 Å². The molecule has 0 atom stereocenters. The predicted octanol–water partition coefficient (Wildman–Crippen LogP) is 2.66. The van der Waals surface area contributed by atoms with Crippen LogP contribution in [0.3, 0.4) is 0 Å². The number of hydrogen-bond donors (Lipinski definition) is 0. The Balaban J connectivity index is 0.000000381. The van der Waals surface area contributed by atoms with Gasteiger partial charge >= 0.3 is 0 Å². The predicted molar refractivity (Wildman–Crippen MR) is 97.8 cm³/mol. The minimum Gasteiger partial charge on any atom is -0.726 e. The Hall–Kier alpha value is -2.35. The lowest BCUT2D eigenvalue weighted by Crippen LogP contribution is -2.06. The van der Waals surface area contributed by atoms with Crippen LogP contribution < -0.4 is 0 Å². The standard InChI is InChI=1S/C16H17N2.C2H6O4S/c1-2-18(14-16-11-7-4-8-12-16)17-13-15-9-5-3-6-10-15;1-2-6-7(3,4)5/h3-14H,2H2,1H3;2H2,1H3,(H,3,4,5)/q+1;/p-1. The molecule has 2 rings (SSSR count). The fourth-order valence-electron chi connectivity index (χ4n) is 1.74. The second kappa shape index (κ2) is 11.2. The minimum absolute atomic E-state index is 0.0914. The zero-order valence-corrected chi connectivity index (χ0v) is 15.1. The van der Waals surface area contributed by atoms with Gasteiger partial charge in [-0.25, -0.2) is 8.42 Å². The van der Waals surface area contributed by atoms with E-state index in [0.717, 1.165) is 17.7 Å². The molecule has 0 aliphatic heterocycles. The van der Waals surface area contributed by atoms with Crippen LogP contribution in [0.4, 0.5) is 0 Å². The van der Waals surface area contributed by atoms with Gasteiger partial charge < -0.3 is 4.55 Å². The molecule has 0 aromatic heterocycles. The molecule has 0 radical (unpaired) electrons. The maximum absolute atomic E-state index is 9.45. The maximum Gasteiger partial charge on any atom is 0.217 e. The van der Waals surface area contributed by atoms with Crippen LogP contribution in [-0.4, -0.2) is 43.2 Å². The average molecular weight is 362 g/mol. The van der Waals surface area contributed by atoms with Crippen molar-refractivity contribution in [3.63, 3.8) is 0 Å². The highest BCUT2D eigenvalue weighted by Crippen LogP contribution is 1.96. The summed E-state index contributed by atoms with van der Waals surface area (Å²) in [7, 11) is -4.42. The molecule has 0 N–H and O–H groups in total. The highest BCUT2D eigenvalue weighted by Gasteiger charge is 1.98. The van der Waals surface area contributed by atoms with Crippen molar-refractivity contribution in [1.82, 2.24) is 0 Å². The Morgan fingerprint density at radius 1 is 1.00 bits per heavy atom. The molecule has 0 heterocycles. The van der Waals surface area contributed by atoms with Crippen LogP contribution in [0.1, 0.15) is 25.0 Å². The van der Waals surface area contributed by atoms with E-state index in [2.05, 4.69) is 28.3 Å². The maximum atomic E-state index is 9.45. The normalized spacial score (nSPS) is 11.9. The summed E-state index contributed by atoms with van der Waals surface area (Å²) >= 11 is 0. The van der Waals surface area contributed by atoms with Crippen molar-refractivity contribution in [3.05, 3.63) is 71.8 Å². The number of hydrazone groups is 1. The minimum atomic E-state index is -4.42. The molecule has 0 aliphatic rings. The lowest BCUT2D eigenvalue weighted by atomic mass is 10.2. The summed E-state index contributed by atoms with van der Waals surface area (Å²) in [5, 5.41) is 4.46. The van der Waals surface area contributed by atoms with Crippen molar-refractivity contribution < 1.29 is 21.8 Å². The van der Waals surface area contributed by atoms with Crippen LogP contribution >= 0.6 is 0 Å². The third-order valence-electron chi connectivity index (χ3n) is 2.84. The van der Waals surface area contributed by atoms with Crippen molar-refractivity contribution in [2.45, 2.75) is 13.8 Å². The van der Waals surface area contributed by atoms with Gasteiger partial charge in [-0.2, -0.15) is 0 Å². The van der Waals surface area contributed by atoms with Crippen molar-refractivity contribution in [2.75, 3.05) is 13.2 Å². The Bertz CT molecular complexity index is 773. The molecule has 0 amide bonds. The zero-order valence-electron chi connectivity index (χ0n) is 14.3.